The van der Waals surface area contributed by atoms with Crippen molar-refractivity contribution in [2.45, 2.75) is 40.3 Å². The molecule has 0 spiro atoms. The van der Waals surface area contributed by atoms with Gasteiger partial charge in [0.1, 0.15) is 0 Å². The van der Waals surface area contributed by atoms with Crippen molar-refractivity contribution < 1.29 is 9.53 Å². The Morgan fingerprint density at radius 3 is 2.52 bits per heavy atom. The number of aliphatic imine (C=N–C) groups is 1. The number of methoxy groups -OCH3 is 1. The maximum absolute atomic E-state index is 11.9. The van der Waals surface area contributed by atoms with Gasteiger partial charge in [0.15, 0.2) is 5.96 Å². The van der Waals surface area contributed by atoms with Gasteiger partial charge in [-0.05, 0) is 30.0 Å². The molecule has 3 N–H and O–H groups in total. The van der Waals surface area contributed by atoms with E-state index in [4.69, 9.17) is 4.74 Å². The molecule has 1 amide bonds. The van der Waals surface area contributed by atoms with E-state index >= 15 is 0 Å². The fourth-order valence-electron chi connectivity index (χ4n) is 2.42. The zero-order valence-corrected chi connectivity index (χ0v) is 16.3. The van der Waals surface area contributed by atoms with Crippen LogP contribution in [0.3, 0.4) is 0 Å². The summed E-state index contributed by atoms with van der Waals surface area (Å²) in [4.78, 5) is 16.2. The van der Waals surface area contributed by atoms with Gasteiger partial charge >= 0.3 is 0 Å². The Hall–Kier alpha value is -2.08. The maximum atomic E-state index is 11.9. The van der Waals surface area contributed by atoms with Gasteiger partial charge in [0.25, 0.3) is 5.91 Å². The van der Waals surface area contributed by atoms with Crippen LogP contribution in [0.15, 0.2) is 29.3 Å². The summed E-state index contributed by atoms with van der Waals surface area (Å²) in [6.45, 7) is 10.2. The molecule has 1 aromatic rings. The molecule has 6 nitrogen and oxygen atoms in total. The zero-order valence-electron chi connectivity index (χ0n) is 16.3. The van der Waals surface area contributed by atoms with Gasteiger partial charge in [-0.3, -0.25) is 9.79 Å². The highest BCUT2D eigenvalue weighted by molar-refractivity contribution is 5.94. The highest BCUT2D eigenvalue weighted by atomic mass is 16.5. The van der Waals surface area contributed by atoms with Crippen molar-refractivity contribution in [1.29, 1.82) is 0 Å². The average molecular weight is 348 g/mol. The summed E-state index contributed by atoms with van der Waals surface area (Å²) in [7, 11) is 3.46. The topological polar surface area (TPSA) is 74.8 Å². The Labute approximate surface area is 151 Å². The molecule has 140 valence electrons. The number of carbonyl (C=O) groups excluding carboxylic acids is 1. The van der Waals surface area contributed by atoms with Gasteiger partial charge in [0.2, 0.25) is 0 Å². The maximum Gasteiger partial charge on any atom is 0.251 e. The first-order valence-electron chi connectivity index (χ1n) is 8.66. The minimum Gasteiger partial charge on any atom is -0.379 e. The molecule has 0 aliphatic rings. The second-order valence-electron chi connectivity index (χ2n) is 6.96. The van der Waals surface area contributed by atoms with E-state index in [9.17, 15) is 4.79 Å². The molecule has 0 aromatic heterocycles. The summed E-state index contributed by atoms with van der Waals surface area (Å²) < 4.78 is 5.55. The van der Waals surface area contributed by atoms with Crippen LogP contribution in [0.5, 0.6) is 0 Å². The summed E-state index contributed by atoms with van der Waals surface area (Å²) in [6.07, 6.45) is 0.0760. The first kappa shape index (κ1) is 21.0. The molecule has 1 atom stereocenters. The number of rotatable bonds is 7. The minimum atomic E-state index is -0.0556. The van der Waals surface area contributed by atoms with Gasteiger partial charge in [-0.1, -0.05) is 32.9 Å². The Morgan fingerprint density at radius 2 is 1.96 bits per heavy atom. The summed E-state index contributed by atoms with van der Waals surface area (Å²) in [5.41, 5.74) is 1.73. The number of hydrogen-bond donors (Lipinski definition) is 3. The number of hydrogen-bond acceptors (Lipinski definition) is 3. The molecule has 1 unspecified atom stereocenters. The Kier molecular flexibility index (Phi) is 8.41. The first-order chi connectivity index (χ1) is 11.8. The molecule has 0 saturated heterocycles. The lowest BCUT2D eigenvalue weighted by atomic mass is 9.89. The van der Waals surface area contributed by atoms with Crippen LogP contribution in [0.25, 0.3) is 0 Å². The van der Waals surface area contributed by atoms with E-state index < -0.39 is 0 Å². The first-order valence-corrected chi connectivity index (χ1v) is 8.66. The standard InChI is InChI=1S/C19H32N4O2/c1-7-21-17(24)15-10-8-9-14(11-15)12-22-18(20-5)23-13-16(25-6)19(2,3)4/h8-11,16H,7,12-13H2,1-6H3,(H,21,24)(H2,20,22,23). The number of benzene rings is 1. The Morgan fingerprint density at radius 1 is 1.24 bits per heavy atom. The number of nitrogens with one attached hydrogen (secondary N) is 3. The summed E-state index contributed by atoms with van der Waals surface area (Å²) in [5, 5.41) is 9.36. The quantitative estimate of drug-likeness (QED) is 0.521. The fourth-order valence-corrected chi connectivity index (χ4v) is 2.42. The van der Waals surface area contributed by atoms with Crippen LogP contribution in [0.2, 0.25) is 0 Å². The Balaban J connectivity index is 2.60. The molecular formula is C19H32N4O2. The highest BCUT2D eigenvalue weighted by Gasteiger charge is 2.24. The summed E-state index contributed by atoms with van der Waals surface area (Å²) in [5.74, 6) is 0.648. The monoisotopic (exact) mass is 348 g/mol. The lowest BCUT2D eigenvalue weighted by Crippen LogP contribution is -2.45. The number of ether oxygens (including phenoxy) is 1. The van der Waals surface area contributed by atoms with Gasteiger partial charge in [-0.2, -0.15) is 0 Å². The van der Waals surface area contributed by atoms with Gasteiger partial charge in [0, 0.05) is 39.4 Å². The third-order valence-electron chi connectivity index (χ3n) is 3.92. The summed E-state index contributed by atoms with van der Waals surface area (Å²) >= 11 is 0. The van der Waals surface area contributed by atoms with Crippen molar-refractivity contribution in [3.63, 3.8) is 0 Å². The third kappa shape index (κ3) is 7.13. The zero-order chi connectivity index (χ0) is 18.9. The number of nitrogens with zero attached hydrogens (tertiary/aromatic N) is 1. The average Bonchev–Trinajstić information content (AvgIpc) is 2.57. The van der Waals surface area contributed by atoms with Crippen molar-refractivity contribution in [1.82, 2.24) is 16.0 Å². The lowest BCUT2D eigenvalue weighted by Gasteiger charge is -2.30. The van der Waals surface area contributed by atoms with Gasteiger partial charge in [-0.15, -0.1) is 0 Å². The largest absolute Gasteiger partial charge is 0.379 e. The van der Waals surface area contributed by atoms with Crippen LogP contribution in [0, 0.1) is 5.41 Å². The molecule has 25 heavy (non-hydrogen) atoms. The van der Waals surface area contributed by atoms with Crippen molar-refractivity contribution in [3.8, 4) is 0 Å². The third-order valence-corrected chi connectivity index (χ3v) is 3.92. The molecule has 1 rings (SSSR count). The van der Waals surface area contributed by atoms with Gasteiger partial charge in [0.05, 0.1) is 6.10 Å². The van der Waals surface area contributed by atoms with Crippen LogP contribution in [0.1, 0.15) is 43.6 Å². The molecule has 0 bridgehead atoms. The number of amides is 1. The fraction of sp³-hybridized carbons (Fsp3) is 0.579. The summed E-state index contributed by atoms with van der Waals surface area (Å²) in [6, 6.07) is 7.57. The molecule has 6 heteroatoms. The van der Waals surface area contributed by atoms with Crippen LogP contribution in [-0.2, 0) is 11.3 Å². The second kappa shape index (κ2) is 10.0. The van der Waals surface area contributed by atoms with Gasteiger partial charge in [-0.25, -0.2) is 0 Å². The molecule has 0 radical (unpaired) electrons. The van der Waals surface area contributed by atoms with Crippen molar-refractivity contribution in [2.75, 3.05) is 27.2 Å². The SMILES string of the molecule is CCNC(=O)c1cccc(CNC(=NC)NCC(OC)C(C)(C)C)c1. The normalized spacial score (nSPS) is 13.3. The predicted molar refractivity (Wildman–Crippen MR) is 103 cm³/mol. The molecule has 0 heterocycles. The number of carbonyl (C=O) groups is 1. The van der Waals surface area contributed by atoms with Crippen molar-refractivity contribution >= 4 is 11.9 Å². The van der Waals surface area contributed by atoms with E-state index in [1.807, 2.05) is 31.2 Å². The smallest absolute Gasteiger partial charge is 0.251 e. The molecule has 0 aliphatic carbocycles. The van der Waals surface area contributed by atoms with E-state index in [2.05, 4.69) is 41.7 Å². The van der Waals surface area contributed by atoms with E-state index in [0.717, 1.165) is 5.56 Å². The lowest BCUT2D eigenvalue weighted by molar-refractivity contribution is 0.0205. The van der Waals surface area contributed by atoms with Crippen LogP contribution in [0.4, 0.5) is 0 Å². The predicted octanol–water partition coefficient (Wildman–Crippen LogP) is 2.16. The van der Waals surface area contributed by atoms with Crippen LogP contribution in [-0.4, -0.2) is 45.2 Å². The molecule has 0 aliphatic heterocycles. The second-order valence-corrected chi connectivity index (χ2v) is 6.96. The number of guanidine groups is 1. The van der Waals surface area contributed by atoms with Crippen LogP contribution < -0.4 is 16.0 Å². The van der Waals surface area contributed by atoms with E-state index in [0.29, 0.717) is 31.2 Å². The molecule has 1 aromatic carbocycles. The highest BCUT2D eigenvalue weighted by Crippen LogP contribution is 2.20. The minimum absolute atomic E-state index is 0.0432. The van der Waals surface area contributed by atoms with E-state index in [1.165, 1.54) is 0 Å². The van der Waals surface area contributed by atoms with Gasteiger partial charge < -0.3 is 20.7 Å². The molecule has 0 fully saturated rings. The van der Waals surface area contributed by atoms with E-state index in [1.54, 1.807) is 14.2 Å². The Bertz CT molecular complexity index is 579. The molecule has 0 saturated carbocycles. The molecular weight excluding hydrogens is 316 g/mol. The van der Waals surface area contributed by atoms with Crippen LogP contribution >= 0.6 is 0 Å². The van der Waals surface area contributed by atoms with E-state index in [-0.39, 0.29) is 17.4 Å². The van der Waals surface area contributed by atoms with Crippen molar-refractivity contribution in [2.24, 2.45) is 10.4 Å². The van der Waals surface area contributed by atoms with Crippen molar-refractivity contribution in [3.05, 3.63) is 35.4 Å².